The molecule has 1 heteroatoms. The van der Waals surface area contributed by atoms with E-state index in [1.807, 2.05) is 0 Å². The molecule has 1 aliphatic rings. The van der Waals surface area contributed by atoms with Gasteiger partial charge in [-0.15, -0.1) is 0 Å². The molecule has 3 rings (SSSR count). The van der Waals surface area contributed by atoms with Gasteiger partial charge >= 0.3 is 0 Å². The molecule has 0 heterocycles. The average Bonchev–Trinajstić information content (AvgIpc) is 2.83. The minimum atomic E-state index is 0.405. The van der Waals surface area contributed by atoms with Crippen molar-refractivity contribution in [2.45, 2.75) is 31.8 Å². The van der Waals surface area contributed by atoms with Crippen molar-refractivity contribution in [3.8, 4) is 0 Å². The van der Waals surface area contributed by atoms with Crippen LogP contribution in [-0.4, -0.2) is 0 Å². The molecule has 0 spiro atoms. The lowest BCUT2D eigenvalue weighted by atomic mass is 10.0. The van der Waals surface area contributed by atoms with E-state index < -0.39 is 0 Å². The van der Waals surface area contributed by atoms with E-state index in [1.54, 1.807) is 0 Å². The highest BCUT2D eigenvalue weighted by molar-refractivity contribution is 5.34. The summed E-state index contributed by atoms with van der Waals surface area (Å²) in [5.74, 6) is 0. The largest absolute Gasteiger partial charge is 0.303 e. The van der Waals surface area contributed by atoms with Crippen LogP contribution in [0, 0.1) is 0 Å². The van der Waals surface area contributed by atoms with Crippen LogP contribution in [0.3, 0.4) is 0 Å². The number of hydrogen-bond acceptors (Lipinski definition) is 1. The molecular formula is C17H19N. The summed E-state index contributed by atoms with van der Waals surface area (Å²) >= 11 is 0. The fourth-order valence-corrected chi connectivity index (χ4v) is 2.87. The number of aryl methyl sites for hydroxylation is 1. The van der Waals surface area contributed by atoms with Gasteiger partial charge in [-0.05, 0) is 36.5 Å². The molecule has 2 atom stereocenters. The first-order valence-corrected chi connectivity index (χ1v) is 6.73. The molecule has 2 aromatic carbocycles. The number of hydrogen-bond donors (Lipinski definition) is 1. The van der Waals surface area contributed by atoms with Crippen molar-refractivity contribution in [2.75, 3.05) is 0 Å². The third-order valence-corrected chi connectivity index (χ3v) is 3.88. The quantitative estimate of drug-likeness (QED) is 0.850. The maximum atomic E-state index is 3.75. The Morgan fingerprint density at radius 1 is 1.00 bits per heavy atom. The summed E-state index contributed by atoms with van der Waals surface area (Å²) in [6, 6.07) is 20.4. The normalized spacial score (nSPS) is 19.5. The number of fused-ring (bicyclic) bond motifs is 1. The van der Waals surface area contributed by atoms with Gasteiger partial charge in [0.2, 0.25) is 0 Å². The molecule has 0 aromatic heterocycles. The first-order chi connectivity index (χ1) is 8.84. The summed E-state index contributed by atoms with van der Waals surface area (Å²) in [6.45, 7) is 2.25. The van der Waals surface area contributed by atoms with Crippen molar-refractivity contribution in [3.05, 3.63) is 71.3 Å². The lowest BCUT2D eigenvalue weighted by molar-refractivity contribution is 0.465. The second-order valence-corrected chi connectivity index (χ2v) is 5.09. The summed E-state index contributed by atoms with van der Waals surface area (Å²) in [5, 5.41) is 3.75. The zero-order valence-electron chi connectivity index (χ0n) is 10.8. The summed E-state index contributed by atoms with van der Waals surface area (Å²) in [5.41, 5.74) is 4.36. The van der Waals surface area contributed by atoms with Crippen molar-refractivity contribution in [1.29, 1.82) is 0 Å². The monoisotopic (exact) mass is 237 g/mol. The molecule has 0 fully saturated rings. The Kier molecular flexibility index (Phi) is 3.16. The average molecular weight is 237 g/mol. The Morgan fingerprint density at radius 3 is 2.56 bits per heavy atom. The lowest BCUT2D eigenvalue weighted by Crippen LogP contribution is -2.22. The molecule has 0 saturated heterocycles. The van der Waals surface area contributed by atoms with Crippen LogP contribution >= 0.6 is 0 Å². The van der Waals surface area contributed by atoms with E-state index in [-0.39, 0.29) is 0 Å². The van der Waals surface area contributed by atoms with Gasteiger partial charge in [0.05, 0.1) is 0 Å². The molecule has 0 amide bonds. The molecule has 0 bridgehead atoms. The van der Waals surface area contributed by atoms with Crippen LogP contribution < -0.4 is 5.32 Å². The molecule has 0 unspecified atom stereocenters. The van der Waals surface area contributed by atoms with Gasteiger partial charge in [0, 0.05) is 12.1 Å². The van der Waals surface area contributed by atoms with Gasteiger partial charge in [-0.3, -0.25) is 0 Å². The fraction of sp³-hybridized carbons (Fsp3) is 0.294. The molecule has 0 aliphatic heterocycles. The van der Waals surface area contributed by atoms with E-state index in [0.717, 1.165) is 0 Å². The van der Waals surface area contributed by atoms with Crippen LogP contribution in [0.5, 0.6) is 0 Å². The minimum Gasteiger partial charge on any atom is -0.303 e. The van der Waals surface area contributed by atoms with Crippen molar-refractivity contribution >= 4 is 0 Å². The minimum absolute atomic E-state index is 0.405. The van der Waals surface area contributed by atoms with Crippen LogP contribution in [0.25, 0.3) is 0 Å². The van der Waals surface area contributed by atoms with Crippen molar-refractivity contribution in [2.24, 2.45) is 0 Å². The summed E-state index contributed by atoms with van der Waals surface area (Å²) in [4.78, 5) is 0. The van der Waals surface area contributed by atoms with Gasteiger partial charge in [0.15, 0.2) is 0 Å². The second-order valence-electron chi connectivity index (χ2n) is 5.09. The highest BCUT2D eigenvalue weighted by Gasteiger charge is 2.23. The predicted octanol–water partition coefficient (Wildman–Crippen LogP) is 4.02. The summed E-state index contributed by atoms with van der Waals surface area (Å²) in [6.07, 6.45) is 2.42. The van der Waals surface area contributed by atoms with Gasteiger partial charge < -0.3 is 5.32 Å². The van der Waals surface area contributed by atoms with Crippen LogP contribution in [0.2, 0.25) is 0 Å². The van der Waals surface area contributed by atoms with E-state index in [2.05, 4.69) is 66.8 Å². The highest BCUT2D eigenvalue weighted by atomic mass is 14.9. The fourth-order valence-electron chi connectivity index (χ4n) is 2.87. The van der Waals surface area contributed by atoms with Crippen molar-refractivity contribution in [1.82, 2.24) is 5.32 Å². The smallest absolute Gasteiger partial charge is 0.0331 e. The molecule has 1 nitrogen and oxygen atoms in total. The van der Waals surface area contributed by atoms with Crippen molar-refractivity contribution < 1.29 is 0 Å². The maximum Gasteiger partial charge on any atom is 0.0331 e. The Bertz CT molecular complexity index is 518. The Labute approximate surface area is 109 Å². The molecule has 0 radical (unpaired) electrons. The third-order valence-electron chi connectivity index (χ3n) is 3.88. The van der Waals surface area contributed by atoms with Gasteiger partial charge in [-0.1, -0.05) is 54.6 Å². The SMILES string of the molecule is C[C@H](N[C@H]1CCc2ccccc21)c1ccccc1. The first-order valence-electron chi connectivity index (χ1n) is 6.73. The number of rotatable bonds is 3. The molecule has 1 aliphatic carbocycles. The molecule has 92 valence electrons. The maximum absolute atomic E-state index is 3.75. The van der Waals surface area contributed by atoms with E-state index in [1.165, 1.54) is 29.5 Å². The molecule has 0 saturated carbocycles. The topological polar surface area (TPSA) is 12.0 Å². The molecular weight excluding hydrogens is 218 g/mol. The van der Waals surface area contributed by atoms with E-state index in [9.17, 15) is 0 Å². The molecule has 1 N–H and O–H groups in total. The van der Waals surface area contributed by atoms with Crippen LogP contribution in [0.15, 0.2) is 54.6 Å². The Morgan fingerprint density at radius 2 is 1.72 bits per heavy atom. The van der Waals surface area contributed by atoms with Gasteiger partial charge in [0.25, 0.3) is 0 Å². The third kappa shape index (κ3) is 2.19. The standard InChI is InChI=1S/C17H19N/c1-13(14-7-3-2-4-8-14)18-17-12-11-15-9-5-6-10-16(15)17/h2-10,13,17-18H,11-12H2,1H3/t13-,17-/m0/s1. The highest BCUT2D eigenvalue weighted by Crippen LogP contribution is 2.32. The van der Waals surface area contributed by atoms with Crippen molar-refractivity contribution in [3.63, 3.8) is 0 Å². The van der Waals surface area contributed by atoms with Gasteiger partial charge in [0.1, 0.15) is 0 Å². The van der Waals surface area contributed by atoms with Crippen LogP contribution in [0.4, 0.5) is 0 Å². The number of nitrogens with one attached hydrogen (secondary N) is 1. The van der Waals surface area contributed by atoms with Gasteiger partial charge in [-0.25, -0.2) is 0 Å². The second kappa shape index (κ2) is 4.95. The Hall–Kier alpha value is -1.60. The van der Waals surface area contributed by atoms with E-state index in [4.69, 9.17) is 0 Å². The summed E-state index contributed by atoms with van der Waals surface area (Å²) < 4.78 is 0. The summed E-state index contributed by atoms with van der Waals surface area (Å²) in [7, 11) is 0. The zero-order chi connectivity index (χ0) is 12.4. The predicted molar refractivity (Wildman–Crippen MR) is 75.5 cm³/mol. The lowest BCUT2D eigenvalue weighted by Gasteiger charge is -2.20. The first kappa shape index (κ1) is 11.5. The number of benzene rings is 2. The van der Waals surface area contributed by atoms with Crippen LogP contribution in [0.1, 0.15) is 42.1 Å². The molecule has 18 heavy (non-hydrogen) atoms. The van der Waals surface area contributed by atoms with E-state index in [0.29, 0.717) is 12.1 Å². The van der Waals surface area contributed by atoms with E-state index >= 15 is 0 Å². The van der Waals surface area contributed by atoms with Crippen LogP contribution in [-0.2, 0) is 6.42 Å². The Balaban J connectivity index is 1.75. The zero-order valence-corrected chi connectivity index (χ0v) is 10.8. The molecule has 2 aromatic rings. The van der Waals surface area contributed by atoms with Gasteiger partial charge in [-0.2, -0.15) is 0 Å².